The van der Waals surface area contributed by atoms with E-state index in [1.54, 1.807) is 13.4 Å². The maximum absolute atomic E-state index is 14.4. The fourth-order valence-electron chi connectivity index (χ4n) is 6.53. The summed E-state index contributed by atoms with van der Waals surface area (Å²) in [5.74, 6) is -0.0958. The highest BCUT2D eigenvalue weighted by molar-refractivity contribution is 5.98. The maximum atomic E-state index is 14.4. The molecule has 0 bridgehead atoms. The van der Waals surface area contributed by atoms with Gasteiger partial charge in [-0.15, -0.1) is 0 Å². The lowest BCUT2D eigenvalue weighted by Crippen LogP contribution is -2.55. The molecule has 0 unspecified atom stereocenters. The lowest BCUT2D eigenvalue weighted by atomic mass is 9.80. The Hall–Kier alpha value is -3.79. The van der Waals surface area contributed by atoms with Crippen molar-refractivity contribution in [2.24, 2.45) is 0 Å². The summed E-state index contributed by atoms with van der Waals surface area (Å²) >= 11 is 0. The first-order valence-electron chi connectivity index (χ1n) is 14.5. The Morgan fingerprint density at radius 2 is 1.83 bits per heavy atom. The van der Waals surface area contributed by atoms with E-state index in [4.69, 9.17) is 9.72 Å². The third-order valence-corrected chi connectivity index (χ3v) is 8.53. The number of nitrogens with zero attached hydrogens (tertiary/aromatic N) is 5. The predicted molar refractivity (Wildman–Crippen MR) is 157 cm³/mol. The number of piperazine rings is 1. The van der Waals surface area contributed by atoms with Gasteiger partial charge >= 0.3 is 0 Å². The standard InChI is InChI=1S/C32H38N6O3/c1-41-21-32(40)15-9-8-14-28(32)38-23-35-29(30(38)25-12-6-3-7-13-25)31(39)37-17-16-33-18-26(37)20-36-22-34-19-27(36)24-10-4-2-5-11-24/h2-7,10-13,19,22-23,26,28,33,40H,8-9,14-18,20-21H2,1H3/t26-,28+,32+/m0/s1. The molecule has 0 radical (unpaired) electrons. The van der Waals surface area contributed by atoms with Crippen molar-refractivity contribution in [3.63, 3.8) is 0 Å². The molecule has 3 heterocycles. The minimum Gasteiger partial charge on any atom is -0.385 e. The van der Waals surface area contributed by atoms with Crippen LogP contribution in [0.3, 0.4) is 0 Å². The number of hydrogen-bond acceptors (Lipinski definition) is 6. The van der Waals surface area contributed by atoms with E-state index in [0.29, 0.717) is 31.7 Å². The van der Waals surface area contributed by atoms with Crippen LogP contribution in [0.4, 0.5) is 0 Å². The van der Waals surface area contributed by atoms with Gasteiger partial charge in [0.1, 0.15) is 5.60 Å². The van der Waals surface area contributed by atoms with E-state index in [1.165, 1.54) is 0 Å². The van der Waals surface area contributed by atoms with Gasteiger partial charge in [-0.2, -0.15) is 0 Å². The average molecular weight is 555 g/mol. The van der Waals surface area contributed by atoms with Gasteiger partial charge in [0, 0.05) is 38.9 Å². The van der Waals surface area contributed by atoms with E-state index in [0.717, 1.165) is 48.3 Å². The predicted octanol–water partition coefficient (Wildman–Crippen LogP) is 4.02. The summed E-state index contributed by atoms with van der Waals surface area (Å²) in [4.78, 5) is 25.5. The molecule has 3 atom stereocenters. The van der Waals surface area contributed by atoms with Gasteiger partial charge in [-0.25, -0.2) is 9.97 Å². The molecule has 1 amide bonds. The third-order valence-electron chi connectivity index (χ3n) is 8.53. The minimum atomic E-state index is -1.02. The van der Waals surface area contributed by atoms with Crippen molar-refractivity contribution in [2.75, 3.05) is 33.4 Å². The lowest BCUT2D eigenvalue weighted by Gasteiger charge is -2.41. The molecular formula is C32H38N6O3. The molecule has 1 saturated heterocycles. The molecule has 1 aliphatic carbocycles. The summed E-state index contributed by atoms with van der Waals surface area (Å²) in [5.41, 5.74) is 3.17. The van der Waals surface area contributed by atoms with Crippen molar-refractivity contribution in [3.05, 3.63) is 85.2 Å². The number of rotatable bonds is 8. The van der Waals surface area contributed by atoms with Gasteiger partial charge in [0.25, 0.3) is 5.91 Å². The number of hydrogen-bond donors (Lipinski definition) is 2. The molecule has 1 saturated carbocycles. The summed E-state index contributed by atoms with van der Waals surface area (Å²) in [6, 6.07) is 19.8. The van der Waals surface area contributed by atoms with Crippen molar-refractivity contribution in [2.45, 2.75) is 49.9 Å². The van der Waals surface area contributed by atoms with Crippen LogP contribution in [0.25, 0.3) is 22.5 Å². The van der Waals surface area contributed by atoms with Crippen LogP contribution in [0.15, 0.2) is 79.5 Å². The first-order chi connectivity index (χ1) is 20.1. The highest BCUT2D eigenvalue weighted by Crippen LogP contribution is 2.41. The Morgan fingerprint density at radius 1 is 1.07 bits per heavy atom. The Morgan fingerprint density at radius 3 is 2.59 bits per heavy atom. The molecular weight excluding hydrogens is 516 g/mol. The van der Waals surface area contributed by atoms with Crippen LogP contribution in [0, 0.1) is 0 Å². The van der Waals surface area contributed by atoms with E-state index in [-0.39, 0.29) is 24.6 Å². The lowest BCUT2D eigenvalue weighted by molar-refractivity contribution is -0.0893. The Kier molecular flexibility index (Phi) is 8.00. The zero-order chi connectivity index (χ0) is 28.2. The largest absolute Gasteiger partial charge is 0.385 e. The number of aromatic nitrogens is 4. The highest BCUT2D eigenvalue weighted by Gasteiger charge is 2.42. The molecule has 1 aliphatic heterocycles. The van der Waals surface area contributed by atoms with E-state index in [9.17, 15) is 9.90 Å². The quantitative estimate of drug-likeness (QED) is 0.342. The summed E-state index contributed by atoms with van der Waals surface area (Å²) in [6.45, 7) is 2.82. The molecule has 9 heteroatoms. The smallest absolute Gasteiger partial charge is 0.275 e. The van der Waals surface area contributed by atoms with Crippen molar-refractivity contribution in [1.29, 1.82) is 0 Å². The first kappa shape index (κ1) is 27.4. The van der Waals surface area contributed by atoms with Crippen molar-refractivity contribution < 1.29 is 14.6 Å². The maximum Gasteiger partial charge on any atom is 0.275 e. The van der Waals surface area contributed by atoms with Gasteiger partial charge in [-0.05, 0) is 18.4 Å². The molecule has 214 valence electrons. The van der Waals surface area contributed by atoms with Crippen molar-refractivity contribution >= 4 is 5.91 Å². The van der Waals surface area contributed by atoms with Crippen LogP contribution in [0.2, 0.25) is 0 Å². The van der Waals surface area contributed by atoms with Gasteiger partial charge in [-0.3, -0.25) is 4.79 Å². The molecule has 2 aromatic carbocycles. The summed E-state index contributed by atoms with van der Waals surface area (Å²) in [7, 11) is 1.62. The van der Waals surface area contributed by atoms with Crippen LogP contribution < -0.4 is 5.32 Å². The summed E-state index contributed by atoms with van der Waals surface area (Å²) in [5, 5.41) is 15.1. The zero-order valence-electron chi connectivity index (χ0n) is 23.5. The van der Waals surface area contributed by atoms with Crippen LogP contribution in [-0.4, -0.2) is 80.0 Å². The number of amides is 1. The van der Waals surface area contributed by atoms with E-state index >= 15 is 0 Å². The molecule has 2 N–H and O–H groups in total. The van der Waals surface area contributed by atoms with Crippen molar-refractivity contribution in [1.82, 2.24) is 29.3 Å². The summed E-state index contributed by atoms with van der Waals surface area (Å²) in [6.07, 6.45) is 8.84. The van der Waals surface area contributed by atoms with Crippen LogP contribution in [-0.2, 0) is 11.3 Å². The fourth-order valence-corrected chi connectivity index (χ4v) is 6.53. The number of carbonyl (C=O) groups is 1. The highest BCUT2D eigenvalue weighted by atomic mass is 16.5. The third kappa shape index (κ3) is 5.45. The topological polar surface area (TPSA) is 97.4 Å². The number of benzene rings is 2. The van der Waals surface area contributed by atoms with Crippen LogP contribution in [0.5, 0.6) is 0 Å². The molecule has 6 rings (SSSR count). The monoisotopic (exact) mass is 554 g/mol. The van der Waals surface area contributed by atoms with Gasteiger partial charge < -0.3 is 29.2 Å². The number of nitrogens with one attached hydrogen (secondary N) is 1. The first-order valence-corrected chi connectivity index (χ1v) is 14.5. The van der Waals surface area contributed by atoms with Gasteiger partial charge in [0.05, 0.1) is 48.9 Å². The van der Waals surface area contributed by atoms with Crippen LogP contribution >= 0.6 is 0 Å². The number of ether oxygens (including phenoxy) is 1. The zero-order valence-corrected chi connectivity index (χ0v) is 23.5. The SMILES string of the molecule is COC[C@]1(O)CCCC[C@H]1n1cnc(C(=O)N2CCNC[C@H]2Cn2cncc2-c2ccccc2)c1-c1ccccc1. The molecule has 2 aromatic heterocycles. The molecule has 41 heavy (non-hydrogen) atoms. The molecule has 0 spiro atoms. The van der Waals surface area contributed by atoms with E-state index in [2.05, 4.69) is 27.0 Å². The number of aliphatic hydroxyl groups is 1. The fraction of sp³-hybridized carbons (Fsp3) is 0.406. The van der Waals surface area contributed by atoms with E-state index in [1.807, 2.05) is 70.5 Å². The van der Waals surface area contributed by atoms with Crippen LogP contribution in [0.1, 0.15) is 42.2 Å². The number of carbonyl (C=O) groups excluding carboxylic acids is 1. The number of methoxy groups -OCH3 is 1. The Bertz CT molecular complexity index is 1450. The number of imidazole rings is 2. The second-order valence-corrected chi connectivity index (χ2v) is 11.2. The van der Waals surface area contributed by atoms with Gasteiger partial charge in [0.2, 0.25) is 0 Å². The molecule has 2 fully saturated rings. The second kappa shape index (κ2) is 12.0. The van der Waals surface area contributed by atoms with Gasteiger partial charge in [0.15, 0.2) is 5.69 Å². The minimum absolute atomic E-state index is 0.0817. The van der Waals surface area contributed by atoms with Crippen molar-refractivity contribution in [3.8, 4) is 22.5 Å². The normalized spacial score (nSPS) is 23.0. The van der Waals surface area contributed by atoms with E-state index < -0.39 is 5.60 Å². The molecule has 4 aromatic rings. The Labute approximate surface area is 240 Å². The average Bonchev–Trinajstić information content (AvgIpc) is 3.66. The summed E-state index contributed by atoms with van der Waals surface area (Å²) < 4.78 is 9.61. The van der Waals surface area contributed by atoms with Gasteiger partial charge in [-0.1, -0.05) is 73.5 Å². The Balaban J connectivity index is 1.35. The molecule has 9 nitrogen and oxygen atoms in total. The second-order valence-electron chi connectivity index (χ2n) is 11.2. The molecule has 2 aliphatic rings.